The highest BCUT2D eigenvalue weighted by Gasteiger charge is 2.28. The summed E-state index contributed by atoms with van der Waals surface area (Å²) in [6, 6.07) is 4.14. The predicted molar refractivity (Wildman–Crippen MR) is 89.9 cm³/mol. The van der Waals surface area contributed by atoms with Crippen molar-refractivity contribution in [2.75, 3.05) is 19.6 Å². The summed E-state index contributed by atoms with van der Waals surface area (Å²) < 4.78 is 1.92. The Morgan fingerprint density at radius 3 is 2.78 bits per heavy atom. The van der Waals surface area contributed by atoms with Crippen LogP contribution in [0, 0.1) is 5.92 Å². The summed E-state index contributed by atoms with van der Waals surface area (Å²) in [6.45, 7) is 3.26. The van der Waals surface area contributed by atoms with Gasteiger partial charge in [0.05, 0.1) is 0 Å². The first-order chi connectivity index (χ1) is 11.2. The van der Waals surface area contributed by atoms with Crippen LogP contribution in [0.25, 0.3) is 0 Å². The number of piperidine rings is 1. The third-order valence-electron chi connectivity index (χ3n) is 4.86. The molecule has 1 fully saturated rings. The number of nitrogens with zero attached hydrogens (tertiary/aromatic N) is 4. The minimum absolute atomic E-state index is 0.325. The summed E-state index contributed by atoms with van der Waals surface area (Å²) in [5.41, 5.74) is 1.31. The average Bonchev–Trinajstić information content (AvgIpc) is 3.02. The van der Waals surface area contributed by atoms with E-state index in [1.807, 2.05) is 36.3 Å². The van der Waals surface area contributed by atoms with E-state index in [0.29, 0.717) is 5.92 Å². The summed E-state index contributed by atoms with van der Waals surface area (Å²) in [5, 5.41) is 10.5. The second-order valence-corrected chi connectivity index (χ2v) is 6.49. The number of hydrogen-bond donors (Lipinski definition) is 1. The summed E-state index contributed by atoms with van der Waals surface area (Å²) in [6.07, 6.45) is 11.3. The van der Waals surface area contributed by atoms with Gasteiger partial charge in [-0.25, -0.2) is 4.98 Å². The molecule has 1 atom stereocenters. The van der Waals surface area contributed by atoms with Crippen molar-refractivity contribution < 1.29 is 5.11 Å². The van der Waals surface area contributed by atoms with Gasteiger partial charge in [-0.3, -0.25) is 4.98 Å². The fraction of sp³-hybridized carbons (Fsp3) is 0.556. The van der Waals surface area contributed by atoms with Crippen LogP contribution < -0.4 is 0 Å². The van der Waals surface area contributed by atoms with E-state index in [1.165, 1.54) is 5.56 Å². The van der Waals surface area contributed by atoms with E-state index in [4.69, 9.17) is 0 Å². The molecule has 0 aromatic carbocycles. The van der Waals surface area contributed by atoms with Crippen LogP contribution in [0.15, 0.2) is 36.9 Å². The quantitative estimate of drug-likeness (QED) is 0.888. The van der Waals surface area contributed by atoms with Gasteiger partial charge in [0.15, 0.2) is 0 Å². The van der Waals surface area contributed by atoms with Crippen LogP contribution in [0.2, 0.25) is 0 Å². The molecule has 1 aliphatic rings. The topological polar surface area (TPSA) is 54.2 Å². The highest BCUT2D eigenvalue weighted by Crippen LogP contribution is 2.29. The SMILES string of the molecule is Cn1ccnc1[C@H](O)C1CCN(CCCc2cccnc2)CC1. The van der Waals surface area contributed by atoms with E-state index < -0.39 is 6.10 Å². The van der Waals surface area contributed by atoms with Crippen LogP contribution >= 0.6 is 0 Å². The largest absolute Gasteiger partial charge is 0.385 e. The second kappa shape index (κ2) is 7.70. The standard InChI is InChI=1S/C18H26N4O/c1-21-13-9-20-18(21)17(23)16-6-11-22(12-7-16)10-3-5-15-4-2-8-19-14-15/h2,4,8-9,13-14,16-17,23H,3,5-7,10-12H2,1H3/t17-/m1/s1. The first-order valence-electron chi connectivity index (χ1n) is 8.50. The monoisotopic (exact) mass is 314 g/mol. The summed E-state index contributed by atoms with van der Waals surface area (Å²) in [7, 11) is 1.94. The third-order valence-corrected chi connectivity index (χ3v) is 4.86. The normalized spacial score (nSPS) is 18.2. The zero-order valence-electron chi connectivity index (χ0n) is 13.8. The van der Waals surface area contributed by atoms with Crippen molar-refractivity contribution >= 4 is 0 Å². The zero-order valence-corrected chi connectivity index (χ0v) is 13.8. The Labute approximate surface area is 138 Å². The fourth-order valence-electron chi connectivity index (χ4n) is 3.42. The van der Waals surface area contributed by atoms with Crippen LogP contribution in [0.5, 0.6) is 0 Å². The van der Waals surface area contributed by atoms with E-state index in [0.717, 1.165) is 51.1 Å². The van der Waals surface area contributed by atoms with Gasteiger partial charge in [0.1, 0.15) is 11.9 Å². The summed E-state index contributed by atoms with van der Waals surface area (Å²) >= 11 is 0. The lowest BCUT2D eigenvalue weighted by atomic mass is 9.90. The maximum atomic E-state index is 10.5. The second-order valence-electron chi connectivity index (χ2n) is 6.49. The molecule has 5 nitrogen and oxygen atoms in total. The van der Waals surface area contributed by atoms with Crippen LogP contribution in [-0.2, 0) is 13.5 Å². The van der Waals surface area contributed by atoms with E-state index in [-0.39, 0.29) is 0 Å². The van der Waals surface area contributed by atoms with Crippen LogP contribution in [-0.4, -0.2) is 44.2 Å². The molecule has 0 spiro atoms. The molecule has 0 aliphatic carbocycles. The number of hydrogen-bond acceptors (Lipinski definition) is 4. The predicted octanol–water partition coefficient (Wildman–Crippen LogP) is 2.19. The number of pyridine rings is 1. The van der Waals surface area contributed by atoms with Gasteiger partial charge in [0.2, 0.25) is 0 Å². The van der Waals surface area contributed by atoms with E-state index in [9.17, 15) is 5.11 Å². The first kappa shape index (κ1) is 16.1. The molecule has 2 aromatic rings. The Kier molecular flexibility index (Phi) is 5.41. The van der Waals surface area contributed by atoms with Crippen LogP contribution in [0.3, 0.4) is 0 Å². The van der Waals surface area contributed by atoms with Gasteiger partial charge in [0.25, 0.3) is 0 Å². The molecule has 2 aromatic heterocycles. The Hall–Kier alpha value is -1.72. The molecule has 3 heterocycles. The zero-order chi connectivity index (χ0) is 16.1. The molecule has 23 heavy (non-hydrogen) atoms. The van der Waals surface area contributed by atoms with Crippen molar-refractivity contribution in [3.63, 3.8) is 0 Å². The van der Waals surface area contributed by atoms with Crippen molar-refractivity contribution in [2.45, 2.75) is 31.8 Å². The Balaban J connectivity index is 1.41. The molecule has 0 amide bonds. The number of aliphatic hydroxyl groups excluding tert-OH is 1. The van der Waals surface area contributed by atoms with Crippen molar-refractivity contribution in [3.8, 4) is 0 Å². The smallest absolute Gasteiger partial charge is 0.137 e. The number of likely N-dealkylation sites (tertiary alicyclic amines) is 1. The Bertz CT molecular complexity index is 590. The molecule has 0 saturated carbocycles. The van der Waals surface area contributed by atoms with Crippen molar-refractivity contribution in [1.82, 2.24) is 19.4 Å². The van der Waals surface area contributed by atoms with Gasteiger partial charge >= 0.3 is 0 Å². The third kappa shape index (κ3) is 4.18. The number of aromatic nitrogens is 3. The molecule has 1 saturated heterocycles. The van der Waals surface area contributed by atoms with Gasteiger partial charge in [0, 0.05) is 31.8 Å². The van der Waals surface area contributed by atoms with Crippen molar-refractivity contribution in [1.29, 1.82) is 0 Å². The molecule has 124 valence electrons. The van der Waals surface area contributed by atoms with Crippen LogP contribution in [0.1, 0.15) is 36.8 Å². The average molecular weight is 314 g/mol. The molecule has 5 heteroatoms. The van der Waals surface area contributed by atoms with Gasteiger partial charge in [-0.05, 0) is 62.9 Å². The molecule has 1 aliphatic heterocycles. The summed E-state index contributed by atoms with van der Waals surface area (Å²) in [5.74, 6) is 1.12. The lowest BCUT2D eigenvalue weighted by Gasteiger charge is -2.34. The molecule has 0 radical (unpaired) electrons. The molecule has 0 unspecified atom stereocenters. The van der Waals surface area contributed by atoms with Gasteiger partial charge in [-0.2, -0.15) is 0 Å². The Morgan fingerprint density at radius 2 is 2.13 bits per heavy atom. The maximum absolute atomic E-state index is 10.5. The lowest BCUT2D eigenvalue weighted by Crippen LogP contribution is -2.36. The Morgan fingerprint density at radius 1 is 1.30 bits per heavy atom. The minimum Gasteiger partial charge on any atom is -0.385 e. The fourth-order valence-corrected chi connectivity index (χ4v) is 3.42. The number of aliphatic hydroxyl groups is 1. The van der Waals surface area contributed by atoms with Gasteiger partial charge in [-0.15, -0.1) is 0 Å². The minimum atomic E-state index is -0.437. The van der Waals surface area contributed by atoms with Crippen LogP contribution in [0.4, 0.5) is 0 Å². The van der Waals surface area contributed by atoms with E-state index in [2.05, 4.69) is 20.9 Å². The number of aryl methyl sites for hydroxylation is 2. The van der Waals surface area contributed by atoms with E-state index >= 15 is 0 Å². The number of rotatable bonds is 6. The molecule has 3 rings (SSSR count). The molecule has 0 bridgehead atoms. The van der Waals surface area contributed by atoms with Gasteiger partial charge in [-0.1, -0.05) is 6.07 Å². The molecular weight excluding hydrogens is 288 g/mol. The van der Waals surface area contributed by atoms with E-state index in [1.54, 1.807) is 6.20 Å². The maximum Gasteiger partial charge on any atom is 0.137 e. The highest BCUT2D eigenvalue weighted by molar-refractivity contribution is 5.08. The molecular formula is C18H26N4O. The van der Waals surface area contributed by atoms with Gasteiger partial charge < -0.3 is 14.6 Å². The molecule has 1 N–H and O–H groups in total. The number of imidazole rings is 1. The first-order valence-corrected chi connectivity index (χ1v) is 8.50. The lowest BCUT2D eigenvalue weighted by molar-refractivity contribution is 0.0509. The summed E-state index contributed by atoms with van der Waals surface area (Å²) in [4.78, 5) is 11.0. The highest BCUT2D eigenvalue weighted by atomic mass is 16.3. The van der Waals surface area contributed by atoms with Crippen molar-refractivity contribution in [2.24, 2.45) is 13.0 Å². The van der Waals surface area contributed by atoms with Crippen molar-refractivity contribution in [3.05, 3.63) is 48.3 Å².